The molecule has 2 saturated heterocycles. The van der Waals surface area contributed by atoms with Crippen molar-refractivity contribution in [1.82, 2.24) is 14.3 Å². The van der Waals surface area contributed by atoms with Crippen molar-refractivity contribution in [3.05, 3.63) is 48.6 Å². The Morgan fingerprint density at radius 2 is 1.89 bits per heavy atom. The molecule has 0 spiro atoms. The highest BCUT2D eigenvalue weighted by atomic mass is 32.2. The standard InChI is InChI=1S/C20H29N3O4S/c1-4-11-22-12-14-23(15-13-22)28(24,25)20-16-27-21(2)19(20)10-7-17-5-8-18(26-3)9-6-17/h4-10,19-20H,1,11-16H2,2-3H3/b10-7+/t19-,20+/m0/s1. The van der Waals surface area contributed by atoms with Crippen LogP contribution >= 0.6 is 0 Å². The summed E-state index contributed by atoms with van der Waals surface area (Å²) in [7, 11) is -0.0487. The fraction of sp³-hybridized carbons (Fsp3) is 0.500. The number of ether oxygens (including phenoxy) is 1. The number of sulfonamides is 1. The predicted molar refractivity (Wildman–Crippen MR) is 110 cm³/mol. The molecule has 0 amide bonds. The molecule has 0 unspecified atom stereocenters. The highest BCUT2D eigenvalue weighted by Gasteiger charge is 2.44. The first kappa shape index (κ1) is 21.0. The van der Waals surface area contributed by atoms with Crippen LogP contribution < -0.4 is 4.74 Å². The van der Waals surface area contributed by atoms with Crippen LogP contribution in [0.1, 0.15) is 5.56 Å². The van der Waals surface area contributed by atoms with Crippen molar-refractivity contribution in [3.8, 4) is 5.75 Å². The Labute approximate surface area is 167 Å². The number of hydroxylamine groups is 2. The van der Waals surface area contributed by atoms with Gasteiger partial charge in [-0.2, -0.15) is 9.37 Å². The largest absolute Gasteiger partial charge is 0.497 e. The first-order valence-electron chi connectivity index (χ1n) is 9.46. The van der Waals surface area contributed by atoms with Crippen LogP contribution in [0.5, 0.6) is 5.75 Å². The summed E-state index contributed by atoms with van der Waals surface area (Å²) in [4.78, 5) is 7.78. The summed E-state index contributed by atoms with van der Waals surface area (Å²) in [6.07, 6.45) is 5.69. The van der Waals surface area contributed by atoms with Gasteiger partial charge in [0.05, 0.1) is 19.8 Å². The molecule has 0 radical (unpaired) electrons. The maximum atomic E-state index is 13.2. The van der Waals surface area contributed by atoms with E-state index in [0.29, 0.717) is 13.1 Å². The van der Waals surface area contributed by atoms with Crippen molar-refractivity contribution in [2.24, 2.45) is 0 Å². The number of piperazine rings is 1. The quantitative estimate of drug-likeness (QED) is 0.638. The Kier molecular flexibility index (Phi) is 6.90. The van der Waals surface area contributed by atoms with Gasteiger partial charge in [0, 0.05) is 39.8 Å². The van der Waals surface area contributed by atoms with Gasteiger partial charge in [-0.3, -0.25) is 9.74 Å². The second-order valence-corrected chi connectivity index (χ2v) is 9.19. The molecule has 2 fully saturated rings. The SMILES string of the molecule is C=CCN1CCN(S(=O)(=O)[C@@H]2CON(C)[C@H]2/C=C/c2ccc(OC)cc2)CC1. The van der Waals surface area contributed by atoms with E-state index < -0.39 is 15.3 Å². The Hall–Kier alpha value is -1.71. The number of benzene rings is 1. The first-order valence-corrected chi connectivity index (χ1v) is 11.0. The van der Waals surface area contributed by atoms with Crippen molar-refractivity contribution < 1.29 is 18.0 Å². The summed E-state index contributed by atoms with van der Waals surface area (Å²) < 4.78 is 33.2. The Bertz CT molecular complexity index is 786. The van der Waals surface area contributed by atoms with Gasteiger partial charge < -0.3 is 4.74 Å². The van der Waals surface area contributed by atoms with Gasteiger partial charge in [0.15, 0.2) is 0 Å². The van der Waals surface area contributed by atoms with E-state index in [9.17, 15) is 8.42 Å². The average molecular weight is 408 g/mol. The molecular weight excluding hydrogens is 378 g/mol. The van der Waals surface area contributed by atoms with Gasteiger partial charge in [-0.15, -0.1) is 6.58 Å². The maximum absolute atomic E-state index is 13.2. The van der Waals surface area contributed by atoms with Gasteiger partial charge in [0.2, 0.25) is 10.0 Å². The molecule has 28 heavy (non-hydrogen) atoms. The van der Waals surface area contributed by atoms with E-state index in [1.807, 2.05) is 42.5 Å². The second-order valence-electron chi connectivity index (χ2n) is 7.04. The fourth-order valence-corrected chi connectivity index (χ4v) is 5.49. The molecule has 0 aromatic heterocycles. The number of hydrogen-bond donors (Lipinski definition) is 0. The zero-order valence-electron chi connectivity index (χ0n) is 16.5. The van der Waals surface area contributed by atoms with Crippen molar-refractivity contribution in [2.75, 3.05) is 53.5 Å². The second kappa shape index (κ2) is 9.19. The summed E-state index contributed by atoms with van der Waals surface area (Å²) in [6.45, 7) is 7.16. The zero-order valence-corrected chi connectivity index (χ0v) is 17.3. The van der Waals surface area contributed by atoms with Crippen molar-refractivity contribution >= 4 is 16.1 Å². The topological polar surface area (TPSA) is 62.3 Å². The lowest BCUT2D eigenvalue weighted by Crippen LogP contribution is -2.53. The summed E-state index contributed by atoms with van der Waals surface area (Å²) in [5.74, 6) is 0.787. The minimum absolute atomic E-state index is 0.170. The van der Waals surface area contributed by atoms with Crippen molar-refractivity contribution in [2.45, 2.75) is 11.3 Å². The van der Waals surface area contributed by atoms with E-state index in [-0.39, 0.29) is 12.6 Å². The highest BCUT2D eigenvalue weighted by molar-refractivity contribution is 7.89. The maximum Gasteiger partial charge on any atom is 0.221 e. The first-order chi connectivity index (χ1) is 13.5. The van der Waals surface area contributed by atoms with Crippen LogP contribution in [-0.2, 0) is 14.9 Å². The monoisotopic (exact) mass is 407 g/mol. The van der Waals surface area contributed by atoms with Crippen LogP contribution in [-0.4, -0.2) is 87.5 Å². The Balaban J connectivity index is 1.71. The van der Waals surface area contributed by atoms with E-state index in [1.54, 1.807) is 23.5 Å². The minimum atomic E-state index is -3.45. The molecule has 1 aromatic carbocycles. The molecule has 7 nitrogen and oxygen atoms in total. The van der Waals surface area contributed by atoms with Gasteiger partial charge >= 0.3 is 0 Å². The molecule has 3 rings (SSSR count). The summed E-state index contributed by atoms with van der Waals surface area (Å²) >= 11 is 0. The van der Waals surface area contributed by atoms with Crippen LogP contribution in [0.3, 0.4) is 0 Å². The molecule has 154 valence electrons. The molecular formula is C20H29N3O4S. The Morgan fingerprint density at radius 1 is 1.21 bits per heavy atom. The fourth-order valence-electron chi connectivity index (χ4n) is 3.58. The van der Waals surface area contributed by atoms with E-state index in [1.165, 1.54) is 0 Å². The predicted octanol–water partition coefficient (Wildman–Crippen LogP) is 1.46. The normalized spacial score (nSPS) is 25.4. The molecule has 2 atom stereocenters. The third kappa shape index (κ3) is 4.64. The highest BCUT2D eigenvalue weighted by Crippen LogP contribution is 2.26. The van der Waals surface area contributed by atoms with E-state index in [2.05, 4.69) is 11.5 Å². The molecule has 2 aliphatic heterocycles. The zero-order chi connectivity index (χ0) is 20.1. The van der Waals surface area contributed by atoms with Gasteiger partial charge in [-0.1, -0.05) is 30.4 Å². The number of likely N-dealkylation sites (N-methyl/N-ethyl adjacent to an activating group) is 1. The number of rotatable bonds is 7. The molecule has 2 heterocycles. The summed E-state index contributed by atoms with van der Waals surface area (Å²) in [5.41, 5.74) is 0.982. The van der Waals surface area contributed by atoms with Crippen molar-refractivity contribution in [1.29, 1.82) is 0 Å². The lowest BCUT2D eigenvalue weighted by atomic mass is 10.1. The average Bonchev–Trinajstić information content (AvgIpc) is 3.09. The van der Waals surface area contributed by atoms with Gasteiger partial charge in [-0.25, -0.2) is 8.42 Å². The lowest BCUT2D eigenvalue weighted by Gasteiger charge is -2.35. The van der Waals surface area contributed by atoms with Crippen molar-refractivity contribution in [3.63, 3.8) is 0 Å². The van der Waals surface area contributed by atoms with Gasteiger partial charge in [0.25, 0.3) is 0 Å². The summed E-state index contributed by atoms with van der Waals surface area (Å²) in [5, 5.41) is 1.02. The van der Waals surface area contributed by atoms with Crippen LogP contribution in [0.15, 0.2) is 43.0 Å². The molecule has 0 aliphatic carbocycles. The number of hydrogen-bond acceptors (Lipinski definition) is 6. The van der Waals surface area contributed by atoms with Crippen LogP contribution in [0.4, 0.5) is 0 Å². The molecule has 0 N–H and O–H groups in total. The van der Waals surface area contributed by atoms with E-state index in [0.717, 1.165) is 30.9 Å². The van der Waals surface area contributed by atoms with E-state index >= 15 is 0 Å². The van der Waals surface area contributed by atoms with Crippen LogP contribution in [0, 0.1) is 0 Å². The molecule has 0 saturated carbocycles. The smallest absolute Gasteiger partial charge is 0.221 e. The lowest BCUT2D eigenvalue weighted by molar-refractivity contribution is -0.100. The number of nitrogens with zero attached hydrogens (tertiary/aromatic N) is 3. The third-order valence-electron chi connectivity index (χ3n) is 5.31. The molecule has 2 aliphatic rings. The van der Waals surface area contributed by atoms with E-state index in [4.69, 9.17) is 9.57 Å². The molecule has 0 bridgehead atoms. The third-order valence-corrected chi connectivity index (χ3v) is 7.57. The molecule has 1 aromatic rings. The van der Waals surface area contributed by atoms with Crippen LogP contribution in [0.2, 0.25) is 0 Å². The Morgan fingerprint density at radius 3 is 2.50 bits per heavy atom. The van der Waals surface area contributed by atoms with Gasteiger partial charge in [-0.05, 0) is 17.7 Å². The van der Waals surface area contributed by atoms with Gasteiger partial charge in [0.1, 0.15) is 11.0 Å². The summed E-state index contributed by atoms with van der Waals surface area (Å²) in [6, 6.07) is 7.30. The number of methoxy groups -OCH3 is 1. The molecule has 8 heteroatoms. The van der Waals surface area contributed by atoms with Crippen LogP contribution in [0.25, 0.3) is 6.08 Å². The minimum Gasteiger partial charge on any atom is -0.497 e.